The summed E-state index contributed by atoms with van der Waals surface area (Å²) in [6.07, 6.45) is 4.53. The quantitative estimate of drug-likeness (QED) is 0.665. The van der Waals surface area contributed by atoms with Crippen LogP contribution in [-0.2, 0) is 24.1 Å². The molecule has 0 saturated carbocycles. The average Bonchev–Trinajstić information content (AvgIpc) is 3.24. The summed E-state index contributed by atoms with van der Waals surface area (Å²) < 4.78 is 5.62. The highest BCUT2D eigenvalue weighted by Crippen LogP contribution is 2.22. The van der Waals surface area contributed by atoms with Crippen molar-refractivity contribution in [2.75, 3.05) is 5.32 Å². The van der Waals surface area contributed by atoms with Gasteiger partial charge in [-0.15, -0.1) is 11.3 Å². The Morgan fingerprint density at radius 2 is 1.92 bits per heavy atom. The van der Waals surface area contributed by atoms with Gasteiger partial charge >= 0.3 is 0 Å². The van der Waals surface area contributed by atoms with Crippen LogP contribution in [0.5, 0.6) is 0 Å². The van der Waals surface area contributed by atoms with Crippen LogP contribution in [-0.4, -0.2) is 10.9 Å². The first kappa shape index (κ1) is 17.4. The van der Waals surface area contributed by atoms with Crippen LogP contribution in [0.3, 0.4) is 0 Å². The number of benzene rings is 1. The minimum absolute atomic E-state index is 0.0364. The lowest BCUT2D eigenvalue weighted by Crippen LogP contribution is -2.11. The Labute approximate surface area is 151 Å². The van der Waals surface area contributed by atoms with Crippen molar-refractivity contribution in [3.8, 4) is 0 Å². The van der Waals surface area contributed by atoms with Crippen LogP contribution in [0.2, 0.25) is 0 Å². The summed E-state index contributed by atoms with van der Waals surface area (Å²) in [6.45, 7) is 4.13. The number of aromatic nitrogens is 1. The molecule has 0 radical (unpaired) electrons. The van der Waals surface area contributed by atoms with Gasteiger partial charge < -0.3 is 9.73 Å². The zero-order valence-corrected chi connectivity index (χ0v) is 15.4. The van der Waals surface area contributed by atoms with Gasteiger partial charge in [0, 0.05) is 36.8 Å². The first-order valence-corrected chi connectivity index (χ1v) is 9.31. The zero-order chi connectivity index (χ0) is 17.6. The van der Waals surface area contributed by atoms with E-state index in [-0.39, 0.29) is 5.91 Å². The van der Waals surface area contributed by atoms with E-state index in [0.29, 0.717) is 18.0 Å². The van der Waals surface area contributed by atoms with Crippen molar-refractivity contribution < 1.29 is 9.21 Å². The lowest BCUT2D eigenvalue weighted by Gasteiger charge is -2.01. The fourth-order valence-corrected chi connectivity index (χ4v) is 3.38. The van der Waals surface area contributed by atoms with E-state index in [9.17, 15) is 4.79 Å². The SMILES string of the molecule is CCc1ccc(CCC(=O)Nc2ncc(Cc3ccc(C)cc3)s2)o1. The largest absolute Gasteiger partial charge is 0.466 e. The van der Waals surface area contributed by atoms with Crippen molar-refractivity contribution in [2.45, 2.75) is 39.5 Å². The lowest BCUT2D eigenvalue weighted by atomic mass is 10.1. The van der Waals surface area contributed by atoms with Gasteiger partial charge in [0.2, 0.25) is 5.91 Å². The highest BCUT2D eigenvalue weighted by molar-refractivity contribution is 7.15. The maximum absolute atomic E-state index is 12.1. The summed E-state index contributed by atoms with van der Waals surface area (Å²) in [7, 11) is 0. The molecule has 0 aliphatic carbocycles. The molecule has 0 atom stereocenters. The minimum Gasteiger partial charge on any atom is -0.466 e. The van der Waals surface area contributed by atoms with E-state index in [1.165, 1.54) is 22.5 Å². The molecule has 2 aromatic heterocycles. The standard InChI is InChI=1S/C20H22N2O2S/c1-3-16-8-9-17(24-16)10-11-19(23)22-20-21-13-18(25-20)12-15-6-4-14(2)5-7-15/h4-9,13H,3,10-12H2,1-2H3,(H,21,22,23). The number of anilines is 1. The van der Waals surface area contributed by atoms with Crippen molar-refractivity contribution in [1.82, 2.24) is 4.98 Å². The number of thiazole rings is 1. The zero-order valence-electron chi connectivity index (χ0n) is 14.5. The molecular weight excluding hydrogens is 332 g/mol. The molecule has 25 heavy (non-hydrogen) atoms. The van der Waals surface area contributed by atoms with Crippen LogP contribution in [0.25, 0.3) is 0 Å². The van der Waals surface area contributed by atoms with Crippen molar-refractivity contribution in [3.63, 3.8) is 0 Å². The Balaban J connectivity index is 1.50. The predicted octanol–water partition coefficient (Wildman–Crippen LogP) is 4.77. The van der Waals surface area contributed by atoms with Crippen molar-refractivity contribution >= 4 is 22.4 Å². The van der Waals surface area contributed by atoms with Gasteiger partial charge in [0.25, 0.3) is 0 Å². The molecule has 0 fully saturated rings. The fraction of sp³-hybridized carbons (Fsp3) is 0.300. The average molecular weight is 354 g/mol. The van der Waals surface area contributed by atoms with E-state index in [1.54, 1.807) is 0 Å². The number of rotatable bonds is 7. The Kier molecular flexibility index (Phi) is 5.66. The van der Waals surface area contributed by atoms with Gasteiger partial charge in [0.15, 0.2) is 5.13 Å². The molecule has 5 heteroatoms. The number of furan rings is 1. The number of amides is 1. The Morgan fingerprint density at radius 3 is 2.64 bits per heavy atom. The second-order valence-electron chi connectivity index (χ2n) is 6.06. The van der Waals surface area contributed by atoms with Gasteiger partial charge in [-0.05, 0) is 24.6 Å². The van der Waals surface area contributed by atoms with Crippen LogP contribution in [0, 0.1) is 6.92 Å². The van der Waals surface area contributed by atoms with E-state index in [2.05, 4.69) is 41.5 Å². The number of aryl methyl sites for hydroxylation is 3. The molecule has 0 unspecified atom stereocenters. The molecular formula is C20H22N2O2S. The Bertz CT molecular complexity index is 834. The molecule has 1 amide bonds. The normalized spacial score (nSPS) is 10.8. The van der Waals surface area contributed by atoms with Crippen molar-refractivity contribution in [2.24, 2.45) is 0 Å². The number of nitrogens with one attached hydrogen (secondary N) is 1. The molecule has 1 aromatic carbocycles. The molecule has 2 heterocycles. The van der Waals surface area contributed by atoms with Gasteiger partial charge in [-0.25, -0.2) is 4.98 Å². The summed E-state index contributed by atoms with van der Waals surface area (Å²) in [5.41, 5.74) is 2.50. The molecule has 0 bridgehead atoms. The maximum Gasteiger partial charge on any atom is 0.226 e. The summed E-state index contributed by atoms with van der Waals surface area (Å²) in [5, 5.41) is 3.53. The van der Waals surface area contributed by atoms with Gasteiger partial charge in [0.05, 0.1) is 0 Å². The summed E-state index contributed by atoms with van der Waals surface area (Å²) in [6, 6.07) is 12.4. The molecule has 0 aliphatic rings. The van der Waals surface area contributed by atoms with Crippen LogP contribution >= 0.6 is 11.3 Å². The van der Waals surface area contributed by atoms with Crippen molar-refractivity contribution in [3.05, 3.63) is 70.1 Å². The third-order valence-electron chi connectivity index (χ3n) is 3.96. The Morgan fingerprint density at radius 1 is 1.16 bits per heavy atom. The summed E-state index contributed by atoms with van der Waals surface area (Å²) in [4.78, 5) is 17.5. The minimum atomic E-state index is -0.0364. The first-order valence-electron chi connectivity index (χ1n) is 8.50. The van der Waals surface area contributed by atoms with Crippen LogP contribution in [0.4, 0.5) is 5.13 Å². The Hall–Kier alpha value is -2.40. The predicted molar refractivity (Wildman–Crippen MR) is 101 cm³/mol. The molecule has 1 N–H and O–H groups in total. The molecule has 0 aliphatic heterocycles. The van der Waals surface area contributed by atoms with Gasteiger partial charge in [-0.2, -0.15) is 0 Å². The first-order chi connectivity index (χ1) is 12.1. The van der Waals surface area contributed by atoms with Crippen LogP contribution in [0.1, 0.15) is 40.9 Å². The fourth-order valence-electron chi connectivity index (χ4n) is 2.52. The molecule has 0 saturated heterocycles. The highest BCUT2D eigenvalue weighted by atomic mass is 32.1. The number of carbonyl (C=O) groups excluding carboxylic acids is 1. The van der Waals surface area contributed by atoms with E-state index in [1.807, 2.05) is 25.3 Å². The summed E-state index contributed by atoms with van der Waals surface area (Å²) in [5.74, 6) is 1.77. The second kappa shape index (κ2) is 8.12. The van der Waals surface area contributed by atoms with E-state index >= 15 is 0 Å². The number of hydrogen-bond acceptors (Lipinski definition) is 4. The van der Waals surface area contributed by atoms with Gasteiger partial charge in [-0.1, -0.05) is 36.8 Å². The number of nitrogens with zero attached hydrogens (tertiary/aromatic N) is 1. The van der Waals surface area contributed by atoms with Crippen LogP contribution < -0.4 is 5.32 Å². The second-order valence-corrected chi connectivity index (χ2v) is 7.18. The molecule has 0 spiro atoms. The van der Waals surface area contributed by atoms with E-state index in [0.717, 1.165) is 29.2 Å². The smallest absolute Gasteiger partial charge is 0.226 e. The third-order valence-corrected chi connectivity index (χ3v) is 4.88. The van der Waals surface area contributed by atoms with Gasteiger partial charge in [0.1, 0.15) is 11.5 Å². The molecule has 4 nitrogen and oxygen atoms in total. The number of hydrogen-bond donors (Lipinski definition) is 1. The molecule has 130 valence electrons. The lowest BCUT2D eigenvalue weighted by molar-refractivity contribution is -0.116. The maximum atomic E-state index is 12.1. The monoisotopic (exact) mass is 354 g/mol. The highest BCUT2D eigenvalue weighted by Gasteiger charge is 2.09. The molecule has 3 rings (SSSR count). The van der Waals surface area contributed by atoms with Crippen LogP contribution in [0.15, 0.2) is 47.0 Å². The van der Waals surface area contributed by atoms with E-state index in [4.69, 9.17) is 4.42 Å². The third kappa shape index (κ3) is 5.03. The molecule has 3 aromatic rings. The number of carbonyl (C=O) groups is 1. The summed E-state index contributed by atoms with van der Waals surface area (Å²) >= 11 is 1.52. The van der Waals surface area contributed by atoms with Crippen molar-refractivity contribution in [1.29, 1.82) is 0 Å². The van der Waals surface area contributed by atoms with E-state index < -0.39 is 0 Å². The van der Waals surface area contributed by atoms with Gasteiger partial charge in [-0.3, -0.25) is 4.79 Å². The topological polar surface area (TPSA) is 55.1 Å².